The number of allylic oxidation sites excluding steroid dienone is 18. The van der Waals surface area contributed by atoms with Gasteiger partial charge in [-0.25, -0.2) is 9.13 Å². The fourth-order valence-corrected chi connectivity index (χ4v) is 11.1. The fraction of sp³-hybridized carbons (Fsp3) is 0.714. The predicted octanol–water partition coefficient (Wildman–Crippen LogP) is 21.0. The largest absolute Gasteiger partial charge is 0.472 e. The number of ether oxygens (including phenoxy) is 4. The van der Waals surface area contributed by atoms with Gasteiger partial charge in [0.05, 0.1) is 26.4 Å². The molecule has 96 heavy (non-hydrogen) atoms. The maximum absolute atomic E-state index is 13.1. The van der Waals surface area contributed by atoms with E-state index < -0.39 is 97.5 Å². The molecule has 0 aromatic heterocycles. The summed E-state index contributed by atoms with van der Waals surface area (Å²) < 4.78 is 68.3. The molecule has 0 saturated carbocycles. The zero-order valence-electron chi connectivity index (χ0n) is 60.0. The van der Waals surface area contributed by atoms with Gasteiger partial charge in [-0.15, -0.1) is 0 Å². The van der Waals surface area contributed by atoms with Crippen molar-refractivity contribution in [1.29, 1.82) is 0 Å². The number of hydrogen-bond donors (Lipinski definition) is 3. The van der Waals surface area contributed by atoms with E-state index >= 15 is 0 Å². The number of rotatable bonds is 69. The quantitative estimate of drug-likeness (QED) is 0.0169. The minimum absolute atomic E-state index is 0.0681. The van der Waals surface area contributed by atoms with Crippen molar-refractivity contribution in [3.63, 3.8) is 0 Å². The first kappa shape index (κ1) is 91.7. The molecule has 5 unspecified atom stereocenters. The van der Waals surface area contributed by atoms with E-state index in [4.69, 9.17) is 37.0 Å². The van der Waals surface area contributed by atoms with Crippen LogP contribution in [0, 0.1) is 0 Å². The lowest BCUT2D eigenvalue weighted by atomic mass is 10.1. The minimum Gasteiger partial charge on any atom is -0.462 e. The molecule has 0 aliphatic rings. The Morgan fingerprint density at radius 3 is 0.927 bits per heavy atom. The number of hydrogen-bond acceptors (Lipinski definition) is 15. The normalized spacial score (nSPS) is 14.6. The zero-order valence-corrected chi connectivity index (χ0v) is 61.8. The van der Waals surface area contributed by atoms with Crippen LogP contribution in [0.15, 0.2) is 109 Å². The number of phosphoric ester groups is 2. The molecule has 0 aromatic rings. The Morgan fingerprint density at radius 1 is 0.302 bits per heavy atom. The minimum atomic E-state index is -4.99. The SMILES string of the molecule is CC/C=C\C/C=C\C/C=C\C/C=C\CCCCC(=O)OCC(COP(=O)(O)OCC(O)COP(=O)(O)OCC(COC(=O)CCCCCCC/C=C\C/C=C\CCC)OC(=O)CCCCCCC/C=C\CCCCCC)OC(=O)CCCCCCC/C=C\C/C=C\CCCCC. The molecule has 0 radical (unpaired) electrons. The highest BCUT2D eigenvalue weighted by molar-refractivity contribution is 7.47. The first-order valence-electron chi connectivity index (χ1n) is 37.1. The highest BCUT2D eigenvalue weighted by Gasteiger charge is 2.30. The predicted molar refractivity (Wildman–Crippen MR) is 390 cm³/mol. The Balaban J connectivity index is 5.40. The Morgan fingerprint density at radius 2 is 0.562 bits per heavy atom. The van der Waals surface area contributed by atoms with Crippen LogP contribution in [0.25, 0.3) is 0 Å². The number of carbonyl (C=O) groups is 4. The smallest absolute Gasteiger partial charge is 0.462 e. The number of unbranched alkanes of at least 4 members (excludes halogenated alkanes) is 25. The summed E-state index contributed by atoms with van der Waals surface area (Å²) in [5.41, 5.74) is 0. The lowest BCUT2D eigenvalue weighted by Crippen LogP contribution is -2.30. The molecule has 3 N–H and O–H groups in total. The molecule has 5 atom stereocenters. The van der Waals surface area contributed by atoms with Crippen LogP contribution in [0.5, 0.6) is 0 Å². The molecule has 0 spiro atoms. The zero-order chi connectivity index (χ0) is 70.4. The molecule has 0 amide bonds. The number of esters is 4. The molecular weight excluding hydrogens is 1260 g/mol. The van der Waals surface area contributed by atoms with Crippen molar-refractivity contribution in [3.8, 4) is 0 Å². The van der Waals surface area contributed by atoms with Gasteiger partial charge in [-0.05, 0) is 148 Å². The van der Waals surface area contributed by atoms with Crippen molar-refractivity contribution in [2.24, 2.45) is 0 Å². The van der Waals surface area contributed by atoms with Gasteiger partial charge in [-0.3, -0.25) is 37.3 Å². The summed E-state index contributed by atoms with van der Waals surface area (Å²) in [5, 5.41) is 10.6. The molecule has 0 aromatic carbocycles. The topological polar surface area (TPSA) is 237 Å². The Labute approximate surface area is 581 Å². The molecule has 19 heteroatoms. The monoisotopic (exact) mass is 1390 g/mol. The highest BCUT2D eigenvalue weighted by Crippen LogP contribution is 2.45. The molecule has 0 heterocycles. The molecular formula is C77H132O17P2. The third-order valence-corrected chi connectivity index (χ3v) is 17.1. The lowest BCUT2D eigenvalue weighted by Gasteiger charge is -2.21. The molecule has 0 bridgehead atoms. The molecule has 0 saturated heterocycles. The summed E-state index contributed by atoms with van der Waals surface area (Å²) in [5.74, 6) is -2.26. The first-order chi connectivity index (χ1) is 46.7. The van der Waals surface area contributed by atoms with Crippen LogP contribution in [0.2, 0.25) is 0 Å². The van der Waals surface area contributed by atoms with Crippen molar-refractivity contribution < 1.29 is 80.2 Å². The standard InChI is InChI=1S/C77H132O17P2/c1-5-9-13-17-21-25-29-33-35-39-42-46-50-54-58-62-75(80)88-68-73(94-77(82)64-60-56-52-48-44-40-36-34-30-26-22-18-14-10-6-2)70-92-96(85,86)90-66-71(78)65-89-95(83,84)91-69-72(93-76(81)63-59-55-51-47-43-38-32-28-24-20-16-12-8-4)67-87-74(79)61-57-53-49-45-41-37-31-27-23-19-15-11-7-3/h9,13,15,19,21-22,25-28,31-36,42,46,71-73,78H,5-8,10-12,14,16-18,20,23-24,29-30,37-41,43-45,47-70H2,1-4H3,(H,83,84)(H,85,86)/b13-9-,19-15-,25-21-,26-22-,31-27-,32-28-,35-33-,36-34-,46-42-. The number of phosphoric acid groups is 2. The molecule has 0 aliphatic carbocycles. The Hall–Kier alpha value is -4.28. The Kier molecular flexibility index (Phi) is 66.1. The maximum atomic E-state index is 13.1. The second kappa shape index (κ2) is 69.2. The van der Waals surface area contributed by atoms with Crippen LogP contribution >= 0.6 is 15.6 Å². The lowest BCUT2D eigenvalue weighted by molar-refractivity contribution is -0.161. The van der Waals surface area contributed by atoms with E-state index in [0.717, 1.165) is 173 Å². The average Bonchev–Trinajstić information content (AvgIpc) is 1.36. The third-order valence-electron chi connectivity index (χ3n) is 15.2. The van der Waals surface area contributed by atoms with Crippen molar-refractivity contribution in [3.05, 3.63) is 109 Å². The van der Waals surface area contributed by atoms with E-state index in [1.165, 1.54) is 44.9 Å². The summed E-state index contributed by atoms with van der Waals surface area (Å²) >= 11 is 0. The molecule has 17 nitrogen and oxygen atoms in total. The van der Waals surface area contributed by atoms with E-state index in [2.05, 4.69) is 137 Å². The van der Waals surface area contributed by atoms with Crippen molar-refractivity contribution in [2.45, 2.75) is 316 Å². The van der Waals surface area contributed by atoms with Crippen LogP contribution in [-0.4, -0.2) is 96.7 Å². The van der Waals surface area contributed by atoms with E-state index in [9.17, 15) is 43.2 Å². The van der Waals surface area contributed by atoms with Gasteiger partial charge in [-0.2, -0.15) is 0 Å². The Bertz CT molecular complexity index is 2250. The summed E-state index contributed by atoms with van der Waals surface area (Å²) in [4.78, 5) is 72.7. The molecule has 0 fully saturated rings. The highest BCUT2D eigenvalue weighted by atomic mass is 31.2. The van der Waals surface area contributed by atoms with Crippen LogP contribution in [0.3, 0.4) is 0 Å². The van der Waals surface area contributed by atoms with E-state index in [1.54, 1.807) is 0 Å². The second-order valence-electron chi connectivity index (χ2n) is 24.5. The van der Waals surface area contributed by atoms with Gasteiger partial charge in [-0.1, -0.05) is 233 Å². The molecule has 0 rings (SSSR count). The van der Waals surface area contributed by atoms with Crippen LogP contribution in [-0.2, 0) is 65.4 Å². The second-order valence-corrected chi connectivity index (χ2v) is 27.4. The van der Waals surface area contributed by atoms with Gasteiger partial charge >= 0.3 is 39.5 Å². The maximum Gasteiger partial charge on any atom is 0.472 e. The fourth-order valence-electron chi connectivity index (χ4n) is 9.51. The first-order valence-corrected chi connectivity index (χ1v) is 40.1. The molecule has 552 valence electrons. The van der Waals surface area contributed by atoms with Gasteiger partial charge in [0, 0.05) is 25.7 Å². The van der Waals surface area contributed by atoms with Gasteiger partial charge < -0.3 is 33.8 Å². The van der Waals surface area contributed by atoms with E-state index in [1.807, 2.05) is 0 Å². The van der Waals surface area contributed by atoms with Crippen LogP contribution < -0.4 is 0 Å². The molecule has 0 aliphatic heterocycles. The van der Waals surface area contributed by atoms with E-state index in [-0.39, 0.29) is 25.7 Å². The summed E-state index contributed by atoms with van der Waals surface area (Å²) in [6.07, 6.45) is 72.3. The summed E-state index contributed by atoms with van der Waals surface area (Å²) in [6.45, 7) is 4.56. The number of aliphatic hydroxyl groups excluding tert-OH is 1. The van der Waals surface area contributed by atoms with Gasteiger partial charge in [0.25, 0.3) is 0 Å². The van der Waals surface area contributed by atoms with Crippen molar-refractivity contribution in [2.75, 3.05) is 39.6 Å². The summed E-state index contributed by atoms with van der Waals surface area (Å²) in [7, 11) is -9.96. The van der Waals surface area contributed by atoms with Gasteiger partial charge in [0.2, 0.25) is 0 Å². The van der Waals surface area contributed by atoms with Gasteiger partial charge in [0.1, 0.15) is 19.3 Å². The summed E-state index contributed by atoms with van der Waals surface area (Å²) in [6, 6.07) is 0. The van der Waals surface area contributed by atoms with E-state index in [0.29, 0.717) is 25.7 Å². The average molecular weight is 1390 g/mol. The number of aliphatic hydroxyl groups is 1. The third kappa shape index (κ3) is 68.3. The van der Waals surface area contributed by atoms with Crippen LogP contribution in [0.4, 0.5) is 0 Å². The van der Waals surface area contributed by atoms with Crippen LogP contribution in [0.1, 0.15) is 297 Å². The number of carbonyl (C=O) groups excluding carboxylic acids is 4. The van der Waals surface area contributed by atoms with Crippen molar-refractivity contribution in [1.82, 2.24) is 0 Å². The van der Waals surface area contributed by atoms with Gasteiger partial charge in [0.15, 0.2) is 12.2 Å². The van der Waals surface area contributed by atoms with Crippen molar-refractivity contribution >= 4 is 39.5 Å².